The summed E-state index contributed by atoms with van der Waals surface area (Å²) < 4.78 is 5.51. The number of benzene rings is 1. The highest BCUT2D eigenvalue weighted by Crippen LogP contribution is 2.23. The van der Waals surface area contributed by atoms with Gasteiger partial charge in [-0.05, 0) is 18.6 Å². The molecule has 1 aromatic carbocycles. The summed E-state index contributed by atoms with van der Waals surface area (Å²) in [7, 11) is 0. The fourth-order valence-electron chi connectivity index (χ4n) is 1.71. The van der Waals surface area contributed by atoms with E-state index >= 15 is 0 Å². The van der Waals surface area contributed by atoms with Crippen LogP contribution < -0.4 is 15.4 Å². The maximum absolute atomic E-state index is 11.6. The zero-order valence-electron chi connectivity index (χ0n) is 12.5. The Hall–Kier alpha value is -3.16. The number of aromatic nitrogens is 1. The van der Waals surface area contributed by atoms with Crippen molar-refractivity contribution in [1.29, 1.82) is 0 Å². The van der Waals surface area contributed by atoms with E-state index < -0.39 is 4.92 Å². The van der Waals surface area contributed by atoms with Crippen LogP contribution in [0.25, 0.3) is 0 Å². The summed E-state index contributed by atoms with van der Waals surface area (Å²) in [6.45, 7) is 2.56. The topological polar surface area (TPSA) is 106 Å². The van der Waals surface area contributed by atoms with Gasteiger partial charge in [0.25, 0.3) is 5.69 Å². The fourth-order valence-corrected chi connectivity index (χ4v) is 1.71. The molecule has 120 valence electrons. The molecular formula is C15H16N4O4. The molecule has 0 aliphatic rings. The summed E-state index contributed by atoms with van der Waals surface area (Å²) in [5.74, 6) is 0.683. The zero-order chi connectivity index (χ0) is 16.7. The maximum Gasteiger partial charge on any atom is 0.319 e. The minimum atomic E-state index is -0.532. The Bertz CT molecular complexity index is 688. The van der Waals surface area contributed by atoms with Gasteiger partial charge in [-0.3, -0.25) is 10.1 Å². The number of anilines is 1. The van der Waals surface area contributed by atoms with Crippen LogP contribution in [-0.2, 0) is 0 Å². The fraction of sp³-hybridized carbons (Fsp3) is 0.200. The third-order valence-electron chi connectivity index (χ3n) is 2.78. The lowest BCUT2D eigenvalue weighted by molar-refractivity contribution is -0.385. The summed E-state index contributed by atoms with van der Waals surface area (Å²) in [6, 6.07) is 9.19. The Morgan fingerprint density at radius 2 is 2.17 bits per heavy atom. The van der Waals surface area contributed by atoms with Gasteiger partial charge in [0, 0.05) is 30.4 Å². The van der Waals surface area contributed by atoms with Crippen molar-refractivity contribution >= 4 is 17.4 Å². The molecule has 23 heavy (non-hydrogen) atoms. The lowest BCUT2D eigenvalue weighted by Gasteiger charge is -2.09. The van der Waals surface area contributed by atoms with E-state index in [4.69, 9.17) is 4.74 Å². The monoisotopic (exact) mass is 316 g/mol. The van der Waals surface area contributed by atoms with Gasteiger partial charge < -0.3 is 15.4 Å². The zero-order valence-corrected chi connectivity index (χ0v) is 12.5. The summed E-state index contributed by atoms with van der Waals surface area (Å²) in [4.78, 5) is 25.5. The smallest absolute Gasteiger partial charge is 0.319 e. The van der Waals surface area contributed by atoms with Gasteiger partial charge in [0.2, 0.25) is 5.88 Å². The lowest BCUT2D eigenvalue weighted by Crippen LogP contribution is -2.29. The Labute approximate surface area is 132 Å². The summed E-state index contributed by atoms with van der Waals surface area (Å²) in [5, 5.41) is 16.0. The largest absolute Gasteiger partial charge is 0.439 e. The standard InChI is InChI=1S/C15H16N4O4/c1-2-8-16-15(20)18-11-4-3-5-13(9-11)23-14-7-6-12(10-17-14)19(21)22/h3-7,9-10H,2,8H2,1H3,(H2,16,18,20). The maximum atomic E-state index is 11.6. The molecule has 0 bridgehead atoms. The van der Waals surface area contributed by atoms with E-state index in [0.29, 0.717) is 18.0 Å². The van der Waals surface area contributed by atoms with Crippen molar-refractivity contribution in [2.24, 2.45) is 0 Å². The van der Waals surface area contributed by atoms with Crippen molar-refractivity contribution in [1.82, 2.24) is 10.3 Å². The second-order valence-electron chi connectivity index (χ2n) is 4.62. The van der Waals surface area contributed by atoms with E-state index in [1.165, 1.54) is 12.1 Å². The number of nitro groups is 1. The van der Waals surface area contributed by atoms with Crippen LogP contribution in [0.3, 0.4) is 0 Å². The number of carbonyl (C=O) groups is 1. The van der Waals surface area contributed by atoms with E-state index in [9.17, 15) is 14.9 Å². The van der Waals surface area contributed by atoms with Crippen molar-refractivity contribution in [3.05, 3.63) is 52.7 Å². The molecule has 1 aromatic heterocycles. The normalized spacial score (nSPS) is 9.96. The third-order valence-corrected chi connectivity index (χ3v) is 2.78. The predicted octanol–water partition coefficient (Wildman–Crippen LogP) is 3.31. The number of nitrogens with zero attached hydrogens (tertiary/aromatic N) is 2. The minimum Gasteiger partial charge on any atom is -0.439 e. The van der Waals surface area contributed by atoms with Crippen molar-refractivity contribution < 1.29 is 14.5 Å². The molecule has 2 N–H and O–H groups in total. The number of hydrogen-bond acceptors (Lipinski definition) is 5. The predicted molar refractivity (Wildman–Crippen MR) is 84.7 cm³/mol. The molecule has 0 fully saturated rings. The highest BCUT2D eigenvalue weighted by molar-refractivity contribution is 5.89. The van der Waals surface area contributed by atoms with E-state index in [0.717, 1.165) is 12.6 Å². The second-order valence-corrected chi connectivity index (χ2v) is 4.62. The van der Waals surface area contributed by atoms with Gasteiger partial charge in [-0.1, -0.05) is 13.0 Å². The molecule has 8 nitrogen and oxygen atoms in total. The number of carbonyl (C=O) groups excluding carboxylic acids is 1. The van der Waals surface area contributed by atoms with E-state index in [1.807, 2.05) is 6.92 Å². The highest BCUT2D eigenvalue weighted by Gasteiger charge is 2.07. The van der Waals surface area contributed by atoms with Crippen molar-refractivity contribution in [3.8, 4) is 11.6 Å². The van der Waals surface area contributed by atoms with Crippen LogP contribution in [-0.4, -0.2) is 22.5 Å². The van der Waals surface area contributed by atoms with Gasteiger partial charge in [0.15, 0.2) is 0 Å². The lowest BCUT2D eigenvalue weighted by atomic mass is 10.3. The summed E-state index contributed by atoms with van der Waals surface area (Å²) in [5.41, 5.74) is 0.457. The average molecular weight is 316 g/mol. The SMILES string of the molecule is CCCNC(=O)Nc1cccc(Oc2ccc([N+](=O)[O-])cn2)c1. The molecular weight excluding hydrogens is 300 g/mol. The van der Waals surface area contributed by atoms with Gasteiger partial charge in [-0.25, -0.2) is 9.78 Å². The van der Waals surface area contributed by atoms with E-state index in [1.54, 1.807) is 24.3 Å². The molecule has 2 amide bonds. The molecule has 1 heterocycles. The Morgan fingerprint density at radius 1 is 1.35 bits per heavy atom. The molecule has 2 rings (SSSR count). The van der Waals surface area contributed by atoms with Crippen LogP contribution in [0.5, 0.6) is 11.6 Å². The third kappa shape index (κ3) is 4.95. The summed E-state index contributed by atoms with van der Waals surface area (Å²) >= 11 is 0. The van der Waals surface area contributed by atoms with Gasteiger partial charge in [-0.2, -0.15) is 0 Å². The van der Waals surface area contributed by atoms with Crippen LogP contribution in [0.15, 0.2) is 42.6 Å². The van der Waals surface area contributed by atoms with E-state index in [2.05, 4.69) is 15.6 Å². The van der Waals surface area contributed by atoms with Gasteiger partial charge in [-0.15, -0.1) is 0 Å². The summed E-state index contributed by atoms with van der Waals surface area (Å²) in [6.07, 6.45) is 1.97. The van der Waals surface area contributed by atoms with Gasteiger partial charge >= 0.3 is 6.03 Å². The number of urea groups is 1. The number of amides is 2. The Kier molecular flexibility index (Phi) is 5.45. The Morgan fingerprint density at radius 3 is 2.83 bits per heavy atom. The second kappa shape index (κ2) is 7.74. The molecule has 2 aromatic rings. The van der Waals surface area contributed by atoms with Crippen molar-refractivity contribution in [3.63, 3.8) is 0 Å². The highest BCUT2D eigenvalue weighted by atomic mass is 16.6. The molecule has 0 atom stereocenters. The quantitative estimate of drug-likeness (QED) is 0.628. The molecule has 0 radical (unpaired) electrons. The molecule has 0 unspecified atom stereocenters. The first-order valence-electron chi connectivity index (χ1n) is 7.01. The van der Waals surface area contributed by atoms with Crippen LogP contribution in [0.4, 0.5) is 16.2 Å². The molecule has 8 heteroatoms. The van der Waals surface area contributed by atoms with Crippen molar-refractivity contribution in [2.75, 3.05) is 11.9 Å². The minimum absolute atomic E-state index is 0.111. The van der Waals surface area contributed by atoms with Gasteiger partial charge in [0.05, 0.1) is 4.92 Å². The first-order chi connectivity index (χ1) is 11.1. The average Bonchev–Trinajstić information content (AvgIpc) is 2.54. The molecule has 0 saturated heterocycles. The number of rotatable bonds is 6. The van der Waals surface area contributed by atoms with Gasteiger partial charge in [0.1, 0.15) is 11.9 Å². The first kappa shape index (κ1) is 16.2. The number of nitrogens with one attached hydrogen (secondary N) is 2. The van der Waals surface area contributed by atoms with Crippen LogP contribution in [0.2, 0.25) is 0 Å². The first-order valence-corrected chi connectivity index (χ1v) is 7.01. The number of ether oxygens (including phenoxy) is 1. The molecule has 0 spiro atoms. The Balaban J connectivity index is 2.02. The van der Waals surface area contributed by atoms with E-state index in [-0.39, 0.29) is 17.6 Å². The van der Waals surface area contributed by atoms with Crippen molar-refractivity contribution in [2.45, 2.75) is 13.3 Å². The molecule has 0 saturated carbocycles. The number of hydrogen-bond donors (Lipinski definition) is 2. The molecule has 0 aliphatic carbocycles. The van der Waals surface area contributed by atoms with Crippen LogP contribution in [0.1, 0.15) is 13.3 Å². The molecule has 0 aliphatic heterocycles. The van der Waals surface area contributed by atoms with Crippen LogP contribution in [0, 0.1) is 10.1 Å². The van der Waals surface area contributed by atoms with Crippen LogP contribution >= 0.6 is 0 Å². The number of pyridine rings is 1.